The van der Waals surface area contributed by atoms with Gasteiger partial charge >= 0.3 is 0 Å². The number of nitrogens with one attached hydrogen (secondary N) is 1. The quantitative estimate of drug-likeness (QED) is 0.823. The van der Waals surface area contributed by atoms with E-state index in [1.807, 2.05) is 24.3 Å². The molecule has 0 saturated carbocycles. The molecule has 1 fully saturated rings. The number of hydrogen-bond acceptors (Lipinski definition) is 5. The first-order valence-electron chi connectivity index (χ1n) is 8.49. The Bertz CT molecular complexity index is 719. The van der Waals surface area contributed by atoms with E-state index in [-0.39, 0.29) is 17.7 Å². The van der Waals surface area contributed by atoms with E-state index in [0.717, 1.165) is 24.9 Å². The first-order valence-corrected chi connectivity index (χ1v) is 8.87. The molecule has 0 spiro atoms. The van der Waals surface area contributed by atoms with Crippen LogP contribution in [0.5, 0.6) is 0 Å². The van der Waals surface area contributed by atoms with Crippen LogP contribution in [-0.2, 0) is 13.0 Å². The van der Waals surface area contributed by atoms with Crippen molar-refractivity contribution in [3.05, 3.63) is 52.4 Å². The predicted octanol–water partition coefficient (Wildman–Crippen LogP) is 2.26. The molecule has 0 aliphatic carbocycles. The van der Waals surface area contributed by atoms with Crippen molar-refractivity contribution in [2.75, 3.05) is 19.6 Å². The SMILES string of the molecule is O=C(NCCc1ccccc1Cl)c1cc(CN2CCCC(O)C2)on1. The average Bonchev–Trinajstić information content (AvgIpc) is 3.05. The highest BCUT2D eigenvalue weighted by atomic mass is 35.5. The second kappa shape index (κ2) is 8.47. The molecule has 2 N–H and O–H groups in total. The molecule has 0 bridgehead atoms. The predicted molar refractivity (Wildman–Crippen MR) is 94.5 cm³/mol. The normalized spacial score (nSPS) is 18.2. The molecule has 1 atom stereocenters. The second-order valence-corrected chi connectivity index (χ2v) is 6.71. The van der Waals surface area contributed by atoms with E-state index in [2.05, 4.69) is 15.4 Å². The van der Waals surface area contributed by atoms with Crippen LogP contribution in [0, 0.1) is 0 Å². The zero-order valence-corrected chi connectivity index (χ0v) is 14.7. The molecule has 1 aliphatic rings. The maximum atomic E-state index is 12.2. The van der Waals surface area contributed by atoms with Gasteiger partial charge in [0.2, 0.25) is 0 Å². The Hall–Kier alpha value is -1.89. The summed E-state index contributed by atoms with van der Waals surface area (Å²) in [6.07, 6.45) is 2.17. The monoisotopic (exact) mass is 363 g/mol. The summed E-state index contributed by atoms with van der Waals surface area (Å²) in [5, 5.41) is 17.1. The van der Waals surface area contributed by atoms with Crippen LogP contribution < -0.4 is 5.32 Å². The van der Waals surface area contributed by atoms with Gasteiger partial charge in [-0.3, -0.25) is 9.69 Å². The lowest BCUT2D eigenvalue weighted by Crippen LogP contribution is -2.37. The van der Waals surface area contributed by atoms with Crippen LogP contribution in [0.2, 0.25) is 5.02 Å². The molecular weight excluding hydrogens is 342 g/mol. The number of carbonyl (C=O) groups excluding carboxylic acids is 1. The molecule has 0 radical (unpaired) electrons. The van der Waals surface area contributed by atoms with Gasteiger partial charge in [0.15, 0.2) is 11.5 Å². The number of halogens is 1. The molecule has 1 aromatic carbocycles. The Kier molecular flexibility index (Phi) is 6.07. The summed E-state index contributed by atoms with van der Waals surface area (Å²) >= 11 is 6.10. The van der Waals surface area contributed by atoms with Crippen LogP contribution in [0.4, 0.5) is 0 Å². The smallest absolute Gasteiger partial charge is 0.273 e. The van der Waals surface area contributed by atoms with Crippen molar-refractivity contribution in [2.45, 2.75) is 31.9 Å². The molecule has 2 heterocycles. The van der Waals surface area contributed by atoms with Gasteiger partial charge in [-0.2, -0.15) is 0 Å². The van der Waals surface area contributed by atoms with E-state index in [4.69, 9.17) is 16.1 Å². The van der Waals surface area contributed by atoms with E-state index in [9.17, 15) is 9.90 Å². The topological polar surface area (TPSA) is 78.6 Å². The fourth-order valence-corrected chi connectivity index (χ4v) is 3.22. The van der Waals surface area contributed by atoms with Crippen molar-refractivity contribution in [1.82, 2.24) is 15.4 Å². The average molecular weight is 364 g/mol. The molecule has 1 amide bonds. The van der Waals surface area contributed by atoms with Crippen molar-refractivity contribution in [3.63, 3.8) is 0 Å². The van der Waals surface area contributed by atoms with Crippen LogP contribution in [0.15, 0.2) is 34.9 Å². The minimum Gasteiger partial charge on any atom is -0.392 e. The number of carbonyl (C=O) groups is 1. The van der Waals surface area contributed by atoms with Crippen LogP contribution in [-0.4, -0.2) is 46.8 Å². The standard InChI is InChI=1S/C18H22ClN3O3/c19-16-6-2-1-4-13(16)7-8-20-18(24)17-10-15(25-21-17)12-22-9-3-5-14(23)11-22/h1-2,4,6,10,14,23H,3,5,7-9,11-12H2,(H,20,24). The highest BCUT2D eigenvalue weighted by Crippen LogP contribution is 2.16. The summed E-state index contributed by atoms with van der Waals surface area (Å²) in [4.78, 5) is 14.3. The Morgan fingerprint density at radius 1 is 1.44 bits per heavy atom. The summed E-state index contributed by atoms with van der Waals surface area (Å²) in [6.45, 7) is 2.57. The molecule has 25 heavy (non-hydrogen) atoms. The fraction of sp³-hybridized carbons (Fsp3) is 0.444. The van der Waals surface area contributed by atoms with Crippen LogP contribution >= 0.6 is 11.6 Å². The number of aliphatic hydroxyl groups excluding tert-OH is 1. The zero-order chi connectivity index (χ0) is 17.6. The van der Waals surface area contributed by atoms with Gasteiger partial charge in [-0.1, -0.05) is 35.0 Å². The van der Waals surface area contributed by atoms with Crippen molar-refractivity contribution in [3.8, 4) is 0 Å². The molecule has 1 saturated heterocycles. The summed E-state index contributed by atoms with van der Waals surface area (Å²) in [5.74, 6) is 0.367. The van der Waals surface area contributed by atoms with Gasteiger partial charge in [0, 0.05) is 24.2 Å². The highest BCUT2D eigenvalue weighted by Gasteiger charge is 2.20. The Labute approximate surface area is 151 Å². The second-order valence-electron chi connectivity index (χ2n) is 6.31. The van der Waals surface area contributed by atoms with Crippen molar-refractivity contribution in [1.29, 1.82) is 0 Å². The molecule has 3 rings (SSSR count). The molecule has 1 aliphatic heterocycles. The highest BCUT2D eigenvalue weighted by molar-refractivity contribution is 6.31. The van der Waals surface area contributed by atoms with Gasteiger partial charge in [-0.05, 0) is 37.4 Å². The number of aromatic nitrogens is 1. The van der Waals surface area contributed by atoms with Gasteiger partial charge in [0.05, 0.1) is 12.6 Å². The molecule has 7 heteroatoms. The largest absolute Gasteiger partial charge is 0.392 e. The summed E-state index contributed by atoms with van der Waals surface area (Å²) < 4.78 is 5.25. The third kappa shape index (κ3) is 5.04. The minimum atomic E-state index is -0.288. The number of nitrogens with zero attached hydrogens (tertiary/aromatic N) is 2. The molecule has 1 unspecified atom stereocenters. The summed E-state index contributed by atoms with van der Waals surface area (Å²) in [7, 11) is 0. The Morgan fingerprint density at radius 2 is 2.28 bits per heavy atom. The number of β-amino-alcohol motifs (C(OH)–C–C–N with tert-alkyl or cyclic N) is 1. The summed E-state index contributed by atoms with van der Waals surface area (Å²) in [5.41, 5.74) is 1.26. The summed E-state index contributed by atoms with van der Waals surface area (Å²) in [6, 6.07) is 9.23. The van der Waals surface area contributed by atoms with E-state index in [1.165, 1.54) is 0 Å². The Morgan fingerprint density at radius 3 is 3.08 bits per heavy atom. The maximum absolute atomic E-state index is 12.2. The lowest BCUT2D eigenvalue weighted by molar-refractivity contribution is 0.0622. The van der Waals surface area contributed by atoms with Gasteiger partial charge in [0.25, 0.3) is 5.91 Å². The maximum Gasteiger partial charge on any atom is 0.273 e. The number of hydrogen-bond donors (Lipinski definition) is 2. The third-order valence-corrected chi connectivity index (χ3v) is 4.66. The van der Waals surface area contributed by atoms with E-state index in [1.54, 1.807) is 6.07 Å². The Balaban J connectivity index is 1.48. The van der Waals surface area contributed by atoms with Crippen LogP contribution in [0.25, 0.3) is 0 Å². The van der Waals surface area contributed by atoms with Crippen molar-refractivity contribution in [2.24, 2.45) is 0 Å². The minimum absolute atomic E-state index is 0.263. The van der Waals surface area contributed by atoms with Crippen LogP contribution in [0.1, 0.15) is 34.7 Å². The van der Waals surface area contributed by atoms with E-state index < -0.39 is 0 Å². The number of piperidine rings is 1. The van der Waals surface area contributed by atoms with Crippen molar-refractivity contribution >= 4 is 17.5 Å². The third-order valence-electron chi connectivity index (χ3n) is 4.29. The van der Waals surface area contributed by atoms with E-state index in [0.29, 0.717) is 36.8 Å². The first-order chi connectivity index (χ1) is 12.1. The van der Waals surface area contributed by atoms with E-state index >= 15 is 0 Å². The number of benzene rings is 1. The van der Waals surface area contributed by atoms with Crippen molar-refractivity contribution < 1.29 is 14.4 Å². The zero-order valence-electron chi connectivity index (χ0n) is 13.9. The lowest BCUT2D eigenvalue weighted by Gasteiger charge is -2.28. The molecule has 2 aromatic rings. The molecule has 134 valence electrons. The van der Waals surface area contributed by atoms with Crippen LogP contribution in [0.3, 0.4) is 0 Å². The molecular formula is C18H22ClN3O3. The number of aliphatic hydroxyl groups is 1. The van der Waals surface area contributed by atoms with Gasteiger partial charge in [-0.15, -0.1) is 0 Å². The molecule has 6 nitrogen and oxygen atoms in total. The fourth-order valence-electron chi connectivity index (χ4n) is 2.99. The molecule has 1 aromatic heterocycles. The number of likely N-dealkylation sites (tertiary alicyclic amines) is 1. The van der Waals surface area contributed by atoms with Gasteiger partial charge in [0.1, 0.15) is 0 Å². The van der Waals surface area contributed by atoms with Gasteiger partial charge < -0.3 is 14.9 Å². The number of amides is 1. The number of rotatable bonds is 6. The first kappa shape index (κ1) is 17.9. The lowest BCUT2D eigenvalue weighted by atomic mass is 10.1. The van der Waals surface area contributed by atoms with Gasteiger partial charge in [-0.25, -0.2) is 0 Å².